The molecule has 2 aromatic carbocycles. The molecule has 0 aliphatic carbocycles. The molecule has 0 atom stereocenters. The van der Waals surface area contributed by atoms with E-state index in [4.69, 9.17) is 4.74 Å². The molecule has 0 radical (unpaired) electrons. The Bertz CT molecular complexity index is 622. The maximum absolute atomic E-state index is 6.12. The van der Waals surface area contributed by atoms with Gasteiger partial charge in [-0.1, -0.05) is 63.9 Å². The van der Waals surface area contributed by atoms with Crippen molar-refractivity contribution in [2.45, 2.75) is 46.6 Å². The Morgan fingerprint density at radius 3 is 2.52 bits per heavy atom. The second kappa shape index (κ2) is 11.1. The molecule has 0 amide bonds. The Hall–Kier alpha value is -1.58. The quantitative estimate of drug-likeness (QED) is 0.559. The molecule has 0 saturated carbocycles. The Labute approximate surface area is 153 Å². The van der Waals surface area contributed by atoms with Crippen molar-refractivity contribution in [3.63, 3.8) is 0 Å². The summed E-state index contributed by atoms with van der Waals surface area (Å²) < 4.78 is 6.12. The molecule has 0 unspecified atom stereocenters. The fourth-order valence-corrected chi connectivity index (χ4v) is 3.16. The van der Waals surface area contributed by atoms with Gasteiger partial charge in [0.1, 0.15) is 5.75 Å². The maximum Gasteiger partial charge on any atom is 0.124 e. The third-order valence-corrected chi connectivity index (χ3v) is 4.80. The third-order valence-electron chi connectivity index (χ3n) is 4.80. The fraction of sp³-hybridized carbons (Fsp3) is 0.545. The zero-order chi connectivity index (χ0) is 17.9. The molecule has 2 aromatic rings. The van der Waals surface area contributed by atoms with Gasteiger partial charge in [-0.3, -0.25) is 0 Å². The summed E-state index contributed by atoms with van der Waals surface area (Å²) in [6.07, 6.45) is 3.57. The lowest BCUT2D eigenvalue weighted by Gasteiger charge is -2.19. The first kappa shape index (κ1) is 19.7. The third kappa shape index (κ3) is 6.02. The lowest BCUT2D eigenvalue weighted by atomic mass is 10.0. The second-order valence-corrected chi connectivity index (χ2v) is 6.52. The van der Waals surface area contributed by atoms with Gasteiger partial charge in [0, 0.05) is 25.2 Å². The average molecular weight is 343 g/mol. The number of fused-ring (bicyclic) bond motifs is 1. The number of unbranched alkanes of at least 4 members (excludes halogenated alkanes) is 2. The first-order valence-electron chi connectivity index (χ1n) is 9.86. The summed E-state index contributed by atoms with van der Waals surface area (Å²) in [5.74, 6) is 1.03. The minimum Gasteiger partial charge on any atom is -0.493 e. The zero-order valence-corrected chi connectivity index (χ0v) is 16.2. The topological polar surface area (TPSA) is 24.5 Å². The van der Waals surface area contributed by atoms with Crippen LogP contribution in [0.2, 0.25) is 0 Å². The van der Waals surface area contributed by atoms with Gasteiger partial charge in [-0.15, -0.1) is 0 Å². The van der Waals surface area contributed by atoms with Crippen molar-refractivity contribution in [3.8, 4) is 5.75 Å². The van der Waals surface area contributed by atoms with Crippen LogP contribution in [0.4, 0.5) is 0 Å². The van der Waals surface area contributed by atoms with Gasteiger partial charge in [0.15, 0.2) is 0 Å². The molecule has 3 nitrogen and oxygen atoms in total. The number of hydrogen-bond acceptors (Lipinski definition) is 3. The number of ether oxygens (including phenoxy) is 1. The SMILES string of the molecule is CCCCCOc1ccc2ccccc2c1CNCCN(CC)CC. The summed E-state index contributed by atoms with van der Waals surface area (Å²) in [6.45, 7) is 12.6. The van der Waals surface area contributed by atoms with Gasteiger partial charge in [-0.2, -0.15) is 0 Å². The summed E-state index contributed by atoms with van der Waals surface area (Å²) in [7, 11) is 0. The predicted octanol–water partition coefficient (Wildman–Crippen LogP) is 4.84. The molecule has 2 rings (SSSR count). The van der Waals surface area contributed by atoms with E-state index in [1.54, 1.807) is 0 Å². The van der Waals surface area contributed by atoms with Crippen molar-refractivity contribution in [1.29, 1.82) is 0 Å². The van der Waals surface area contributed by atoms with E-state index in [9.17, 15) is 0 Å². The Morgan fingerprint density at radius 2 is 1.76 bits per heavy atom. The number of benzene rings is 2. The van der Waals surface area contributed by atoms with Crippen LogP contribution in [-0.2, 0) is 6.54 Å². The summed E-state index contributed by atoms with van der Waals surface area (Å²) in [6, 6.07) is 12.9. The van der Waals surface area contributed by atoms with E-state index in [-0.39, 0.29) is 0 Å². The Balaban J connectivity index is 2.05. The van der Waals surface area contributed by atoms with Gasteiger partial charge in [0.25, 0.3) is 0 Å². The maximum atomic E-state index is 6.12. The summed E-state index contributed by atoms with van der Waals surface area (Å²) in [5.41, 5.74) is 1.29. The highest BCUT2D eigenvalue weighted by Gasteiger charge is 2.09. The number of nitrogens with zero attached hydrogens (tertiary/aromatic N) is 1. The molecule has 0 heterocycles. The van der Waals surface area contributed by atoms with E-state index in [1.165, 1.54) is 29.2 Å². The number of hydrogen-bond donors (Lipinski definition) is 1. The van der Waals surface area contributed by atoms with Gasteiger partial charge in [0.05, 0.1) is 6.61 Å². The van der Waals surface area contributed by atoms with Crippen LogP contribution >= 0.6 is 0 Å². The molecule has 0 fully saturated rings. The number of likely N-dealkylation sites (N-methyl/N-ethyl adjacent to an activating group) is 1. The van der Waals surface area contributed by atoms with Gasteiger partial charge >= 0.3 is 0 Å². The molecule has 0 aliphatic heterocycles. The number of rotatable bonds is 12. The van der Waals surface area contributed by atoms with Gasteiger partial charge in [-0.25, -0.2) is 0 Å². The average Bonchev–Trinajstić information content (AvgIpc) is 2.66. The predicted molar refractivity (Wildman–Crippen MR) is 108 cm³/mol. The van der Waals surface area contributed by atoms with Crippen LogP contribution in [0.3, 0.4) is 0 Å². The lowest BCUT2D eigenvalue weighted by Crippen LogP contribution is -2.31. The summed E-state index contributed by atoms with van der Waals surface area (Å²) in [4.78, 5) is 2.44. The summed E-state index contributed by atoms with van der Waals surface area (Å²) >= 11 is 0. The van der Waals surface area contributed by atoms with Crippen LogP contribution in [0.25, 0.3) is 10.8 Å². The summed E-state index contributed by atoms with van der Waals surface area (Å²) in [5, 5.41) is 6.19. The molecule has 0 bridgehead atoms. The molecule has 1 N–H and O–H groups in total. The molecule has 0 aliphatic rings. The normalized spacial score (nSPS) is 11.4. The van der Waals surface area contributed by atoms with Crippen LogP contribution in [0.1, 0.15) is 45.6 Å². The van der Waals surface area contributed by atoms with Crippen LogP contribution in [0.5, 0.6) is 5.75 Å². The van der Waals surface area contributed by atoms with E-state index in [0.29, 0.717) is 0 Å². The van der Waals surface area contributed by atoms with Crippen molar-refractivity contribution in [2.24, 2.45) is 0 Å². The van der Waals surface area contributed by atoms with Crippen molar-refractivity contribution in [1.82, 2.24) is 10.2 Å². The standard InChI is InChI=1S/C22H34N2O/c1-4-7-10-17-25-22-14-13-19-11-8-9-12-20(19)21(22)18-23-15-16-24(5-2)6-3/h8-9,11-14,23H,4-7,10,15-18H2,1-3H3. The molecule has 0 saturated heterocycles. The lowest BCUT2D eigenvalue weighted by molar-refractivity contribution is 0.296. The van der Waals surface area contributed by atoms with E-state index in [1.807, 2.05) is 0 Å². The molecular weight excluding hydrogens is 308 g/mol. The molecule has 3 heteroatoms. The Morgan fingerprint density at radius 1 is 0.960 bits per heavy atom. The van der Waals surface area contributed by atoms with Crippen molar-refractivity contribution in [2.75, 3.05) is 32.8 Å². The first-order chi connectivity index (χ1) is 12.3. The van der Waals surface area contributed by atoms with Crippen molar-refractivity contribution in [3.05, 3.63) is 42.0 Å². The molecular formula is C22H34N2O. The fourth-order valence-electron chi connectivity index (χ4n) is 3.16. The first-order valence-corrected chi connectivity index (χ1v) is 9.86. The minimum absolute atomic E-state index is 0.804. The smallest absolute Gasteiger partial charge is 0.124 e. The van der Waals surface area contributed by atoms with E-state index in [0.717, 1.165) is 51.5 Å². The van der Waals surface area contributed by atoms with Crippen molar-refractivity contribution >= 4 is 10.8 Å². The van der Waals surface area contributed by atoms with E-state index < -0.39 is 0 Å². The van der Waals surface area contributed by atoms with Crippen molar-refractivity contribution < 1.29 is 4.74 Å². The van der Waals surface area contributed by atoms with Crippen LogP contribution < -0.4 is 10.1 Å². The molecule has 0 spiro atoms. The minimum atomic E-state index is 0.804. The largest absolute Gasteiger partial charge is 0.493 e. The highest BCUT2D eigenvalue weighted by atomic mass is 16.5. The van der Waals surface area contributed by atoms with Gasteiger partial charge in [-0.05, 0) is 36.3 Å². The zero-order valence-electron chi connectivity index (χ0n) is 16.2. The van der Waals surface area contributed by atoms with Crippen LogP contribution in [0.15, 0.2) is 36.4 Å². The molecule has 25 heavy (non-hydrogen) atoms. The van der Waals surface area contributed by atoms with E-state index in [2.05, 4.69) is 67.4 Å². The Kier molecular flexibility index (Phi) is 8.78. The van der Waals surface area contributed by atoms with Gasteiger partial charge in [0.2, 0.25) is 0 Å². The highest BCUT2D eigenvalue weighted by molar-refractivity contribution is 5.87. The van der Waals surface area contributed by atoms with Gasteiger partial charge < -0.3 is 15.0 Å². The highest BCUT2D eigenvalue weighted by Crippen LogP contribution is 2.28. The number of nitrogens with one attached hydrogen (secondary N) is 1. The van der Waals surface area contributed by atoms with Crippen LogP contribution in [-0.4, -0.2) is 37.7 Å². The molecule has 138 valence electrons. The van der Waals surface area contributed by atoms with Crippen LogP contribution in [0, 0.1) is 0 Å². The molecule has 0 aromatic heterocycles. The second-order valence-electron chi connectivity index (χ2n) is 6.52. The monoisotopic (exact) mass is 342 g/mol. The van der Waals surface area contributed by atoms with E-state index >= 15 is 0 Å².